The molecule has 1 saturated heterocycles. The lowest BCUT2D eigenvalue weighted by Crippen LogP contribution is -2.40. The SMILES string of the molecule is CCCCCC(CN(O)C=O)C(=O)N1CCCC1c1nc2cc3ccccc3cc2o1. The van der Waals surface area contributed by atoms with Gasteiger partial charge in [0.1, 0.15) is 11.6 Å². The van der Waals surface area contributed by atoms with Gasteiger partial charge >= 0.3 is 0 Å². The van der Waals surface area contributed by atoms with Crippen LogP contribution in [0, 0.1) is 5.92 Å². The zero-order valence-corrected chi connectivity index (χ0v) is 17.9. The maximum atomic E-state index is 13.4. The summed E-state index contributed by atoms with van der Waals surface area (Å²) in [5.74, 6) is 0.0703. The van der Waals surface area contributed by atoms with Gasteiger partial charge in [0.25, 0.3) is 0 Å². The monoisotopic (exact) mass is 423 g/mol. The van der Waals surface area contributed by atoms with Gasteiger partial charge in [0, 0.05) is 6.54 Å². The highest BCUT2D eigenvalue weighted by molar-refractivity contribution is 5.94. The first-order chi connectivity index (χ1) is 15.1. The Morgan fingerprint density at radius 3 is 2.84 bits per heavy atom. The number of hydrogen-bond donors (Lipinski definition) is 1. The van der Waals surface area contributed by atoms with E-state index in [9.17, 15) is 14.8 Å². The molecule has 1 aromatic heterocycles. The average Bonchev–Trinajstić information content (AvgIpc) is 3.42. The van der Waals surface area contributed by atoms with Crippen LogP contribution in [0.25, 0.3) is 21.9 Å². The predicted molar refractivity (Wildman–Crippen MR) is 117 cm³/mol. The van der Waals surface area contributed by atoms with Gasteiger partial charge in [-0.3, -0.25) is 14.8 Å². The molecule has 0 aliphatic carbocycles. The zero-order valence-electron chi connectivity index (χ0n) is 17.9. The molecule has 31 heavy (non-hydrogen) atoms. The minimum Gasteiger partial charge on any atom is -0.438 e. The molecular formula is C24H29N3O4. The molecule has 1 aliphatic rings. The smallest absolute Gasteiger partial charge is 0.233 e. The molecule has 1 N–H and O–H groups in total. The van der Waals surface area contributed by atoms with E-state index in [1.165, 1.54) is 0 Å². The van der Waals surface area contributed by atoms with Gasteiger partial charge in [-0.2, -0.15) is 0 Å². The minimum absolute atomic E-state index is 0.00815. The predicted octanol–water partition coefficient (Wildman–Crippen LogP) is 4.69. The quantitative estimate of drug-likeness (QED) is 0.234. The highest BCUT2D eigenvalue weighted by Crippen LogP contribution is 2.35. The van der Waals surface area contributed by atoms with Crippen molar-refractivity contribution >= 4 is 34.2 Å². The van der Waals surface area contributed by atoms with E-state index in [2.05, 4.69) is 6.92 Å². The molecule has 2 heterocycles. The first-order valence-electron chi connectivity index (χ1n) is 11.1. The number of hydrogen-bond acceptors (Lipinski definition) is 5. The van der Waals surface area contributed by atoms with Crippen LogP contribution in [0.1, 0.15) is 57.4 Å². The van der Waals surface area contributed by atoms with Crippen molar-refractivity contribution in [2.75, 3.05) is 13.1 Å². The normalized spacial score (nSPS) is 17.4. The average molecular weight is 424 g/mol. The fourth-order valence-electron chi connectivity index (χ4n) is 4.50. The highest BCUT2D eigenvalue weighted by Gasteiger charge is 2.37. The molecule has 2 unspecified atom stereocenters. The zero-order chi connectivity index (χ0) is 21.8. The molecule has 0 radical (unpaired) electrons. The number of fused-ring (bicyclic) bond motifs is 2. The van der Waals surface area contributed by atoms with E-state index >= 15 is 0 Å². The topological polar surface area (TPSA) is 86.9 Å². The number of aromatic nitrogens is 1. The lowest BCUT2D eigenvalue weighted by molar-refractivity contribution is -0.157. The van der Waals surface area contributed by atoms with Crippen molar-refractivity contribution in [1.82, 2.24) is 14.9 Å². The minimum atomic E-state index is -0.436. The van der Waals surface area contributed by atoms with Crippen molar-refractivity contribution in [3.05, 3.63) is 42.3 Å². The third-order valence-electron chi connectivity index (χ3n) is 6.13. The van der Waals surface area contributed by atoms with Crippen molar-refractivity contribution in [3.63, 3.8) is 0 Å². The summed E-state index contributed by atoms with van der Waals surface area (Å²) < 4.78 is 6.10. The fourth-order valence-corrected chi connectivity index (χ4v) is 4.50. The second-order valence-corrected chi connectivity index (χ2v) is 8.33. The summed E-state index contributed by atoms with van der Waals surface area (Å²) in [6, 6.07) is 11.9. The number of oxazole rings is 1. The molecule has 7 heteroatoms. The number of carbonyl (C=O) groups is 2. The first-order valence-corrected chi connectivity index (χ1v) is 11.1. The van der Waals surface area contributed by atoms with Gasteiger partial charge in [0.05, 0.1) is 12.5 Å². The number of nitrogens with zero attached hydrogens (tertiary/aromatic N) is 3. The van der Waals surface area contributed by atoms with Crippen molar-refractivity contribution in [3.8, 4) is 0 Å². The van der Waals surface area contributed by atoms with Crippen LogP contribution in [0.2, 0.25) is 0 Å². The van der Waals surface area contributed by atoms with Crippen LogP contribution < -0.4 is 0 Å². The van der Waals surface area contributed by atoms with Gasteiger partial charge in [-0.1, -0.05) is 50.5 Å². The summed E-state index contributed by atoms with van der Waals surface area (Å²) in [7, 11) is 0. The van der Waals surface area contributed by atoms with E-state index in [-0.39, 0.29) is 18.5 Å². The van der Waals surface area contributed by atoms with E-state index in [0.717, 1.165) is 54.0 Å². The largest absolute Gasteiger partial charge is 0.438 e. The summed E-state index contributed by atoms with van der Waals surface area (Å²) in [5.41, 5.74) is 1.50. The summed E-state index contributed by atoms with van der Waals surface area (Å²) in [6.07, 6.45) is 5.59. The Labute approximate surface area is 181 Å². The summed E-state index contributed by atoms with van der Waals surface area (Å²) in [6.45, 7) is 2.74. The third-order valence-corrected chi connectivity index (χ3v) is 6.13. The third kappa shape index (κ3) is 4.56. The molecular weight excluding hydrogens is 394 g/mol. The van der Waals surface area contributed by atoms with Crippen molar-refractivity contribution in [1.29, 1.82) is 0 Å². The van der Waals surface area contributed by atoms with Crippen LogP contribution in [0.15, 0.2) is 40.8 Å². The molecule has 1 fully saturated rings. The molecule has 0 spiro atoms. The number of benzene rings is 2. The maximum Gasteiger partial charge on any atom is 0.233 e. The Kier molecular flexibility index (Phi) is 6.51. The van der Waals surface area contributed by atoms with Gasteiger partial charge in [0.15, 0.2) is 5.58 Å². The summed E-state index contributed by atoms with van der Waals surface area (Å²) in [5, 5.41) is 12.5. The Balaban J connectivity index is 1.58. The molecule has 2 atom stereocenters. The van der Waals surface area contributed by atoms with Crippen molar-refractivity contribution < 1.29 is 19.2 Å². The second-order valence-electron chi connectivity index (χ2n) is 8.33. The Hall–Kier alpha value is -2.93. The van der Waals surface area contributed by atoms with Crippen LogP contribution in [-0.2, 0) is 9.59 Å². The van der Waals surface area contributed by atoms with Crippen LogP contribution in [0.3, 0.4) is 0 Å². The van der Waals surface area contributed by atoms with Crippen LogP contribution >= 0.6 is 0 Å². The number of amides is 2. The van der Waals surface area contributed by atoms with Crippen molar-refractivity contribution in [2.24, 2.45) is 5.92 Å². The number of unbranched alkanes of at least 4 members (excludes halogenated alkanes) is 2. The molecule has 2 aromatic carbocycles. The lowest BCUT2D eigenvalue weighted by atomic mass is 9.99. The molecule has 3 aromatic rings. The number of rotatable bonds is 9. The van der Waals surface area contributed by atoms with E-state index in [0.29, 0.717) is 30.3 Å². The summed E-state index contributed by atoms with van der Waals surface area (Å²) >= 11 is 0. The molecule has 4 rings (SSSR count). The van der Waals surface area contributed by atoms with Gasteiger partial charge in [0.2, 0.25) is 18.2 Å². The molecule has 0 saturated carbocycles. The Morgan fingerprint density at radius 1 is 1.32 bits per heavy atom. The highest BCUT2D eigenvalue weighted by atomic mass is 16.5. The van der Waals surface area contributed by atoms with Crippen LogP contribution in [-0.4, -0.2) is 45.6 Å². The fraction of sp³-hybridized carbons (Fsp3) is 0.458. The molecule has 2 amide bonds. The first kappa shape index (κ1) is 21.3. The van der Waals surface area contributed by atoms with Gasteiger partial charge < -0.3 is 9.32 Å². The van der Waals surface area contributed by atoms with Crippen LogP contribution in [0.4, 0.5) is 0 Å². The molecule has 1 aliphatic heterocycles. The molecule has 0 bridgehead atoms. The number of carbonyl (C=O) groups excluding carboxylic acids is 2. The van der Waals surface area contributed by atoms with Gasteiger partial charge in [-0.05, 0) is 42.2 Å². The lowest BCUT2D eigenvalue weighted by Gasteiger charge is -2.28. The Bertz CT molecular complexity index is 1010. The number of likely N-dealkylation sites (tertiary alicyclic amines) is 1. The van der Waals surface area contributed by atoms with Crippen molar-refractivity contribution in [2.45, 2.75) is 51.5 Å². The van der Waals surface area contributed by atoms with Crippen LogP contribution in [0.5, 0.6) is 0 Å². The second kappa shape index (κ2) is 9.47. The maximum absolute atomic E-state index is 13.4. The molecule has 7 nitrogen and oxygen atoms in total. The number of hydroxylamine groups is 2. The van der Waals surface area contributed by atoms with Gasteiger partial charge in [-0.25, -0.2) is 10.0 Å². The standard InChI is InChI=1S/C24H29N3O4/c1-2-3-4-10-19(15-26(30)16-28)24(29)27-12-7-11-21(27)23-25-20-13-17-8-5-6-9-18(17)14-22(20)31-23/h5-6,8-9,13-14,16,19,21,30H,2-4,7,10-12,15H2,1H3. The summed E-state index contributed by atoms with van der Waals surface area (Å²) in [4.78, 5) is 30.8. The van der Waals surface area contributed by atoms with Gasteiger partial charge in [-0.15, -0.1) is 0 Å². The van der Waals surface area contributed by atoms with E-state index in [1.54, 1.807) is 0 Å². The van der Waals surface area contributed by atoms with E-state index in [1.807, 2.05) is 41.3 Å². The van der Waals surface area contributed by atoms with E-state index in [4.69, 9.17) is 9.40 Å². The van der Waals surface area contributed by atoms with E-state index < -0.39 is 5.92 Å². The molecule has 164 valence electrons. The Morgan fingerprint density at radius 2 is 2.10 bits per heavy atom.